The standard InChI is InChI=1S/C19H19BN4O4S/c1-11-2-3-14(9-22-11)29(26,27)24-13-6-12(7-13)16-8-20(25)28-17-10-23-19-15(18(16)17)4-5-21-19/h2-5,8-10,12-13,24-25H,6-7H2,1H3,(H,21,23)/t12-,13+. The number of rotatable bonds is 4. The molecular weight excluding hydrogens is 391 g/mol. The SMILES string of the molecule is Cc1ccc(S(=O)(=O)N[C@H]2C[C@@H](C3=CB(O)Oc4cnc5[nH]ccc5c43)C2)cn1. The number of hydrogen-bond donors (Lipinski definition) is 3. The first kappa shape index (κ1) is 18.4. The molecule has 3 N–H and O–H groups in total. The van der Waals surface area contributed by atoms with Gasteiger partial charge in [0.25, 0.3) is 0 Å². The zero-order valence-corrected chi connectivity index (χ0v) is 16.5. The van der Waals surface area contributed by atoms with E-state index >= 15 is 0 Å². The number of allylic oxidation sites excluding steroid dienone is 1. The van der Waals surface area contributed by atoms with Gasteiger partial charge in [-0.1, -0.05) is 0 Å². The average molecular weight is 410 g/mol. The molecule has 0 aromatic carbocycles. The first-order valence-electron chi connectivity index (χ1n) is 9.38. The van der Waals surface area contributed by atoms with Gasteiger partial charge in [-0.3, -0.25) is 4.98 Å². The van der Waals surface area contributed by atoms with Crippen molar-refractivity contribution < 1.29 is 18.1 Å². The molecule has 29 heavy (non-hydrogen) atoms. The molecule has 0 amide bonds. The number of aryl methyl sites for hydroxylation is 1. The van der Waals surface area contributed by atoms with Crippen LogP contribution in [0.4, 0.5) is 0 Å². The van der Waals surface area contributed by atoms with Gasteiger partial charge in [-0.15, -0.1) is 0 Å². The zero-order valence-electron chi connectivity index (χ0n) is 15.7. The van der Waals surface area contributed by atoms with Crippen LogP contribution in [0.5, 0.6) is 5.75 Å². The third kappa shape index (κ3) is 3.23. The number of hydrogen-bond acceptors (Lipinski definition) is 6. The van der Waals surface area contributed by atoms with Crippen molar-refractivity contribution in [3.63, 3.8) is 0 Å². The topological polar surface area (TPSA) is 117 Å². The number of H-pyrrole nitrogens is 1. The summed E-state index contributed by atoms with van der Waals surface area (Å²) >= 11 is 0. The van der Waals surface area contributed by atoms with Gasteiger partial charge in [0.2, 0.25) is 10.0 Å². The first-order chi connectivity index (χ1) is 13.9. The van der Waals surface area contributed by atoms with Crippen LogP contribution in [-0.4, -0.2) is 41.6 Å². The molecule has 0 saturated heterocycles. The highest BCUT2D eigenvalue weighted by Crippen LogP contribution is 2.46. The highest BCUT2D eigenvalue weighted by atomic mass is 32.2. The third-order valence-electron chi connectivity index (χ3n) is 5.50. The lowest BCUT2D eigenvalue weighted by atomic mass is 9.68. The Morgan fingerprint density at radius 1 is 1.24 bits per heavy atom. The number of pyridine rings is 2. The van der Waals surface area contributed by atoms with Crippen LogP contribution < -0.4 is 9.38 Å². The summed E-state index contributed by atoms with van der Waals surface area (Å²) in [4.78, 5) is 11.6. The van der Waals surface area contributed by atoms with Gasteiger partial charge in [0.15, 0.2) is 0 Å². The second kappa shape index (κ2) is 6.69. The van der Waals surface area contributed by atoms with E-state index in [4.69, 9.17) is 4.65 Å². The predicted octanol–water partition coefficient (Wildman–Crippen LogP) is 1.82. The minimum absolute atomic E-state index is 0.122. The zero-order chi connectivity index (χ0) is 20.2. The molecule has 0 spiro atoms. The van der Waals surface area contributed by atoms with Crippen LogP contribution in [0.1, 0.15) is 24.1 Å². The summed E-state index contributed by atoms with van der Waals surface area (Å²) in [5.74, 6) is 2.36. The molecule has 0 atom stereocenters. The molecule has 2 aliphatic rings. The first-order valence-corrected chi connectivity index (χ1v) is 10.9. The van der Waals surface area contributed by atoms with Gasteiger partial charge in [0, 0.05) is 35.1 Å². The number of sulfonamides is 1. The number of aromatic nitrogens is 3. The van der Waals surface area contributed by atoms with Crippen molar-refractivity contribution in [2.75, 3.05) is 0 Å². The van der Waals surface area contributed by atoms with Crippen LogP contribution in [0, 0.1) is 12.8 Å². The molecule has 0 bridgehead atoms. The summed E-state index contributed by atoms with van der Waals surface area (Å²) in [6.07, 6.45) is 6.08. The Balaban J connectivity index is 1.36. The molecule has 1 aliphatic carbocycles. The average Bonchev–Trinajstić information content (AvgIpc) is 3.12. The maximum atomic E-state index is 12.6. The van der Waals surface area contributed by atoms with Crippen molar-refractivity contribution in [2.45, 2.75) is 30.7 Å². The van der Waals surface area contributed by atoms with E-state index in [2.05, 4.69) is 19.7 Å². The van der Waals surface area contributed by atoms with Gasteiger partial charge in [0.1, 0.15) is 16.3 Å². The molecule has 148 valence electrons. The highest BCUT2D eigenvalue weighted by Gasteiger charge is 2.39. The van der Waals surface area contributed by atoms with Crippen molar-refractivity contribution in [3.05, 3.63) is 54.0 Å². The molecule has 1 aliphatic heterocycles. The number of nitrogens with zero attached hydrogens (tertiary/aromatic N) is 2. The molecule has 0 unspecified atom stereocenters. The Morgan fingerprint density at radius 3 is 2.83 bits per heavy atom. The minimum atomic E-state index is -3.61. The quantitative estimate of drug-likeness (QED) is 0.565. The van der Waals surface area contributed by atoms with E-state index in [9.17, 15) is 13.4 Å². The second-order valence-corrected chi connectivity index (χ2v) is 9.20. The minimum Gasteiger partial charge on any atom is -0.531 e. The lowest BCUT2D eigenvalue weighted by Gasteiger charge is -2.39. The lowest BCUT2D eigenvalue weighted by molar-refractivity contribution is 0.308. The number of nitrogens with one attached hydrogen (secondary N) is 2. The smallest absolute Gasteiger partial charge is 0.531 e. The lowest BCUT2D eigenvalue weighted by Crippen LogP contribution is -2.45. The summed E-state index contributed by atoms with van der Waals surface area (Å²) in [6.45, 7) is 1.81. The third-order valence-corrected chi connectivity index (χ3v) is 7.01. The van der Waals surface area contributed by atoms with Gasteiger partial charge in [-0.2, -0.15) is 0 Å². The van der Waals surface area contributed by atoms with Gasteiger partial charge in [-0.25, -0.2) is 18.1 Å². The largest absolute Gasteiger partial charge is 0.552 e. The fourth-order valence-corrected chi connectivity index (χ4v) is 5.19. The van der Waals surface area contributed by atoms with E-state index in [-0.39, 0.29) is 16.9 Å². The summed E-state index contributed by atoms with van der Waals surface area (Å²) in [5.41, 5.74) is 3.40. The van der Waals surface area contributed by atoms with Crippen molar-refractivity contribution in [1.82, 2.24) is 19.7 Å². The molecule has 4 heterocycles. The van der Waals surface area contributed by atoms with Crippen molar-refractivity contribution >= 4 is 33.7 Å². The van der Waals surface area contributed by atoms with Crippen molar-refractivity contribution in [3.8, 4) is 5.75 Å². The Bertz CT molecular complexity index is 1220. The van der Waals surface area contributed by atoms with Crippen LogP contribution in [-0.2, 0) is 10.0 Å². The van der Waals surface area contributed by atoms with Gasteiger partial charge < -0.3 is 14.7 Å². The van der Waals surface area contributed by atoms with E-state index in [1.165, 1.54) is 6.20 Å². The fraction of sp³-hybridized carbons (Fsp3) is 0.263. The Morgan fingerprint density at radius 2 is 2.07 bits per heavy atom. The van der Waals surface area contributed by atoms with Crippen LogP contribution in [0.15, 0.2) is 47.7 Å². The number of fused-ring (bicyclic) bond motifs is 3. The summed E-state index contributed by atoms with van der Waals surface area (Å²) in [6, 6.07) is 5.00. The molecule has 0 radical (unpaired) electrons. The van der Waals surface area contributed by atoms with E-state index in [0.29, 0.717) is 18.6 Å². The fourth-order valence-electron chi connectivity index (χ4n) is 3.99. The van der Waals surface area contributed by atoms with Gasteiger partial charge in [-0.05, 0) is 55.4 Å². The van der Waals surface area contributed by atoms with E-state index in [1.54, 1.807) is 24.3 Å². The monoisotopic (exact) mass is 410 g/mol. The van der Waals surface area contributed by atoms with E-state index < -0.39 is 17.1 Å². The normalized spacial score (nSPS) is 21.3. The molecule has 1 saturated carbocycles. The van der Waals surface area contributed by atoms with Crippen LogP contribution in [0.3, 0.4) is 0 Å². The molecule has 5 rings (SSSR count). The van der Waals surface area contributed by atoms with Gasteiger partial charge in [0.05, 0.1) is 6.20 Å². The van der Waals surface area contributed by atoms with E-state index in [1.807, 2.05) is 19.2 Å². The summed E-state index contributed by atoms with van der Waals surface area (Å²) in [7, 11) is -4.65. The Hall–Kier alpha value is -2.69. The Labute approximate surface area is 168 Å². The van der Waals surface area contributed by atoms with Crippen LogP contribution in [0.25, 0.3) is 16.6 Å². The summed E-state index contributed by atoms with van der Waals surface area (Å²) in [5, 5.41) is 11.0. The molecular formula is C19H19BN4O4S. The van der Waals surface area contributed by atoms with Crippen molar-refractivity contribution in [2.24, 2.45) is 5.92 Å². The Kier molecular flexibility index (Phi) is 4.23. The summed E-state index contributed by atoms with van der Waals surface area (Å²) < 4.78 is 33.4. The molecule has 3 aromatic heterocycles. The molecule has 3 aromatic rings. The van der Waals surface area contributed by atoms with Crippen LogP contribution in [0.2, 0.25) is 0 Å². The highest BCUT2D eigenvalue weighted by molar-refractivity contribution is 7.89. The number of aromatic amines is 1. The van der Waals surface area contributed by atoms with E-state index in [0.717, 1.165) is 27.9 Å². The van der Waals surface area contributed by atoms with Crippen LogP contribution >= 0.6 is 0 Å². The predicted molar refractivity (Wildman–Crippen MR) is 108 cm³/mol. The molecule has 10 heteroatoms. The molecule has 1 fully saturated rings. The van der Waals surface area contributed by atoms with Gasteiger partial charge >= 0.3 is 7.12 Å². The maximum absolute atomic E-state index is 12.6. The second-order valence-electron chi connectivity index (χ2n) is 7.49. The van der Waals surface area contributed by atoms with Crippen molar-refractivity contribution in [1.29, 1.82) is 0 Å². The maximum Gasteiger partial charge on any atom is 0.552 e. The molecule has 8 nitrogen and oxygen atoms in total.